The molecule has 0 rings (SSSR count). The second-order valence-electron chi connectivity index (χ2n) is 2.51. The molecule has 82 valence electrons. The summed E-state index contributed by atoms with van der Waals surface area (Å²) in [5.74, 6) is -3.16. The van der Waals surface area contributed by atoms with Crippen molar-refractivity contribution >= 4 is 22.0 Å². The van der Waals surface area contributed by atoms with Gasteiger partial charge in [-0.15, -0.1) is 0 Å². The number of nitrogens with one attached hydrogen (secondary N) is 1. The second kappa shape index (κ2) is 4.91. The summed E-state index contributed by atoms with van der Waals surface area (Å²) in [6, 6.07) is -1.27. The molecule has 0 saturated carbocycles. The van der Waals surface area contributed by atoms with Crippen molar-refractivity contribution in [1.82, 2.24) is 4.72 Å². The zero-order chi connectivity index (χ0) is 11.4. The monoisotopic (exact) mass is 225 g/mol. The van der Waals surface area contributed by atoms with E-state index in [4.69, 9.17) is 5.11 Å². The van der Waals surface area contributed by atoms with Crippen LogP contribution in [-0.4, -0.2) is 44.4 Å². The minimum Gasteiger partial charge on any atom is -0.480 e. The minimum absolute atomic E-state index is 0.888. The Morgan fingerprint density at radius 2 is 2.00 bits per heavy atom. The van der Waals surface area contributed by atoms with Crippen molar-refractivity contribution in [1.29, 1.82) is 0 Å². The van der Waals surface area contributed by atoms with Gasteiger partial charge >= 0.3 is 11.9 Å². The zero-order valence-electron chi connectivity index (χ0n) is 7.68. The number of hydrogen-bond donors (Lipinski definition) is 2. The first-order valence-electron chi connectivity index (χ1n) is 3.58. The molecule has 0 aromatic rings. The number of ether oxygens (including phenoxy) is 1. The maximum atomic E-state index is 11.0. The Morgan fingerprint density at radius 1 is 1.50 bits per heavy atom. The van der Waals surface area contributed by atoms with Gasteiger partial charge in [0.2, 0.25) is 10.0 Å². The van der Waals surface area contributed by atoms with Crippen LogP contribution in [0, 0.1) is 0 Å². The van der Waals surface area contributed by atoms with Crippen molar-refractivity contribution in [3.8, 4) is 0 Å². The number of esters is 1. The van der Waals surface area contributed by atoms with Crippen LogP contribution < -0.4 is 4.72 Å². The lowest BCUT2D eigenvalue weighted by Crippen LogP contribution is -2.41. The molecule has 0 aromatic heterocycles. The molecule has 0 aliphatic rings. The van der Waals surface area contributed by atoms with Gasteiger partial charge in [-0.3, -0.25) is 9.59 Å². The third-order valence-corrected chi connectivity index (χ3v) is 2.59. The highest BCUT2D eigenvalue weighted by Crippen LogP contribution is 1.91. The van der Waals surface area contributed by atoms with E-state index in [2.05, 4.69) is 4.74 Å². The van der Waals surface area contributed by atoms with Crippen LogP contribution in [0.25, 0.3) is 0 Å². The third kappa shape index (κ3) is 4.77. The lowest BCUT2D eigenvalue weighted by molar-refractivity contribution is -0.139. The second-order valence-corrected chi connectivity index (χ2v) is 4.27. The summed E-state index contributed by atoms with van der Waals surface area (Å²) in [7, 11) is -2.90. The Bertz CT molecular complexity index is 321. The molecular weight excluding hydrogens is 214 g/mol. The summed E-state index contributed by atoms with van der Waals surface area (Å²) in [6.07, 6.45) is 0. The smallest absolute Gasteiger partial charge is 0.322 e. The molecule has 0 aliphatic carbocycles. The Balaban J connectivity index is 4.36. The van der Waals surface area contributed by atoms with Gasteiger partial charge in [0.05, 0.1) is 7.11 Å². The number of rotatable bonds is 5. The summed E-state index contributed by atoms with van der Waals surface area (Å²) in [5.41, 5.74) is 0. The first-order valence-corrected chi connectivity index (χ1v) is 5.23. The molecule has 0 radical (unpaired) electrons. The molecule has 7 nitrogen and oxygen atoms in total. The van der Waals surface area contributed by atoms with Crippen molar-refractivity contribution in [2.45, 2.75) is 13.0 Å². The highest BCUT2D eigenvalue weighted by Gasteiger charge is 2.22. The van der Waals surface area contributed by atoms with Gasteiger partial charge in [-0.2, -0.15) is 0 Å². The molecule has 0 heterocycles. The average molecular weight is 225 g/mol. The molecule has 8 heteroatoms. The molecule has 0 bridgehead atoms. The molecule has 0 aromatic carbocycles. The van der Waals surface area contributed by atoms with Crippen LogP contribution in [0.2, 0.25) is 0 Å². The minimum atomic E-state index is -3.94. The summed E-state index contributed by atoms with van der Waals surface area (Å²) in [4.78, 5) is 20.9. The van der Waals surface area contributed by atoms with Gasteiger partial charge < -0.3 is 9.84 Å². The fourth-order valence-corrected chi connectivity index (χ4v) is 1.73. The van der Waals surface area contributed by atoms with Gasteiger partial charge in [-0.05, 0) is 6.92 Å². The van der Waals surface area contributed by atoms with E-state index in [0.29, 0.717) is 0 Å². The fraction of sp³-hybridized carbons (Fsp3) is 0.667. The number of carboxylic acid groups (broad SMARTS) is 1. The first kappa shape index (κ1) is 12.8. The number of carbonyl (C=O) groups excluding carboxylic acids is 1. The predicted octanol–water partition coefficient (Wildman–Crippen LogP) is -1.45. The fourth-order valence-electron chi connectivity index (χ4n) is 0.575. The van der Waals surface area contributed by atoms with E-state index in [1.165, 1.54) is 0 Å². The maximum Gasteiger partial charge on any atom is 0.322 e. The van der Waals surface area contributed by atoms with E-state index in [-0.39, 0.29) is 0 Å². The van der Waals surface area contributed by atoms with Crippen LogP contribution in [-0.2, 0) is 24.3 Å². The normalized spacial score (nSPS) is 13.3. The first-order chi connectivity index (χ1) is 6.28. The van der Waals surface area contributed by atoms with Crippen LogP contribution in [0.3, 0.4) is 0 Å². The summed E-state index contributed by atoms with van der Waals surface area (Å²) >= 11 is 0. The number of methoxy groups -OCH3 is 1. The van der Waals surface area contributed by atoms with Gasteiger partial charge in [0.1, 0.15) is 6.04 Å². The zero-order valence-corrected chi connectivity index (χ0v) is 8.50. The lowest BCUT2D eigenvalue weighted by Gasteiger charge is -2.08. The number of carboxylic acids is 1. The average Bonchev–Trinajstić information content (AvgIpc) is 2.02. The van der Waals surface area contributed by atoms with Crippen LogP contribution in [0.15, 0.2) is 0 Å². The van der Waals surface area contributed by atoms with Gasteiger partial charge in [0.15, 0.2) is 5.75 Å². The molecule has 14 heavy (non-hydrogen) atoms. The molecule has 0 fully saturated rings. The van der Waals surface area contributed by atoms with Crippen LogP contribution >= 0.6 is 0 Å². The Kier molecular flexibility index (Phi) is 4.51. The predicted molar refractivity (Wildman–Crippen MR) is 46.0 cm³/mol. The maximum absolute atomic E-state index is 11.0. The van der Waals surface area contributed by atoms with E-state index in [9.17, 15) is 18.0 Å². The summed E-state index contributed by atoms with van der Waals surface area (Å²) in [6.45, 7) is 1.15. The molecule has 1 atom stereocenters. The van der Waals surface area contributed by atoms with Crippen LogP contribution in [0.1, 0.15) is 6.92 Å². The quantitative estimate of drug-likeness (QED) is 0.554. The van der Waals surface area contributed by atoms with E-state index < -0.39 is 33.8 Å². The Morgan fingerprint density at radius 3 is 2.36 bits per heavy atom. The molecule has 0 aliphatic heterocycles. The van der Waals surface area contributed by atoms with Gasteiger partial charge in [-0.25, -0.2) is 13.1 Å². The highest BCUT2D eigenvalue weighted by molar-refractivity contribution is 7.90. The molecule has 2 N–H and O–H groups in total. The SMILES string of the molecule is COC(=O)CS(=O)(=O)N[C@H](C)C(=O)O. The highest BCUT2D eigenvalue weighted by atomic mass is 32.2. The number of sulfonamides is 1. The molecule has 0 unspecified atom stereocenters. The summed E-state index contributed by atoms with van der Waals surface area (Å²) in [5, 5.41) is 8.39. The Hall–Kier alpha value is -1.15. The van der Waals surface area contributed by atoms with Gasteiger partial charge in [0.25, 0.3) is 0 Å². The van der Waals surface area contributed by atoms with Crippen LogP contribution in [0.5, 0.6) is 0 Å². The third-order valence-electron chi connectivity index (χ3n) is 1.26. The van der Waals surface area contributed by atoms with Crippen molar-refractivity contribution in [2.75, 3.05) is 12.9 Å². The van der Waals surface area contributed by atoms with E-state index in [1.54, 1.807) is 4.72 Å². The molecule has 0 spiro atoms. The van der Waals surface area contributed by atoms with E-state index in [0.717, 1.165) is 14.0 Å². The van der Waals surface area contributed by atoms with E-state index in [1.807, 2.05) is 0 Å². The molecular formula is C6H11NO6S. The topological polar surface area (TPSA) is 110 Å². The van der Waals surface area contributed by atoms with Crippen molar-refractivity contribution < 1.29 is 27.9 Å². The number of hydrogen-bond acceptors (Lipinski definition) is 5. The molecule has 0 amide bonds. The van der Waals surface area contributed by atoms with Crippen molar-refractivity contribution in [2.24, 2.45) is 0 Å². The Labute approximate surface area is 81.1 Å². The van der Waals surface area contributed by atoms with Gasteiger partial charge in [-0.1, -0.05) is 0 Å². The van der Waals surface area contributed by atoms with Gasteiger partial charge in [0, 0.05) is 0 Å². The van der Waals surface area contributed by atoms with Crippen molar-refractivity contribution in [3.05, 3.63) is 0 Å². The van der Waals surface area contributed by atoms with Crippen LogP contribution in [0.4, 0.5) is 0 Å². The summed E-state index contributed by atoms with van der Waals surface area (Å²) < 4.78 is 28.0. The number of carbonyl (C=O) groups is 2. The lowest BCUT2D eigenvalue weighted by atomic mass is 10.4. The van der Waals surface area contributed by atoms with Crippen molar-refractivity contribution in [3.63, 3.8) is 0 Å². The largest absolute Gasteiger partial charge is 0.480 e. The number of aliphatic carboxylic acids is 1. The molecule has 0 saturated heterocycles. The standard InChI is InChI=1S/C6H11NO6S/c1-4(6(9)10)7-14(11,12)3-5(8)13-2/h4,7H,3H2,1-2H3,(H,9,10)/t4-/m1/s1. The van der Waals surface area contributed by atoms with E-state index >= 15 is 0 Å².